The molecule has 0 spiro atoms. The Bertz CT molecular complexity index is 658. The van der Waals surface area contributed by atoms with Gasteiger partial charge >= 0.3 is 6.01 Å². The van der Waals surface area contributed by atoms with Crippen LogP contribution in [0.5, 0.6) is 6.01 Å². The Morgan fingerprint density at radius 3 is 2.58 bits per heavy atom. The van der Waals surface area contributed by atoms with Gasteiger partial charge in [-0.15, -0.1) is 0 Å². The van der Waals surface area contributed by atoms with E-state index in [-0.39, 0.29) is 24.6 Å². The molecule has 1 aliphatic rings. The minimum absolute atomic E-state index is 0.000658. The van der Waals surface area contributed by atoms with Crippen LogP contribution in [-0.2, 0) is 11.3 Å². The van der Waals surface area contributed by atoms with E-state index in [9.17, 15) is 4.79 Å². The maximum atomic E-state index is 12.0. The van der Waals surface area contributed by atoms with Crippen LogP contribution >= 0.6 is 0 Å². The highest BCUT2D eigenvalue weighted by Crippen LogP contribution is 2.22. The number of carbonyl (C=O) groups is 1. The molecule has 0 radical (unpaired) electrons. The van der Waals surface area contributed by atoms with E-state index >= 15 is 0 Å². The van der Waals surface area contributed by atoms with Crippen LogP contribution in [0.2, 0.25) is 0 Å². The van der Waals surface area contributed by atoms with E-state index in [1.54, 1.807) is 17.1 Å². The van der Waals surface area contributed by atoms with Crippen molar-refractivity contribution in [2.24, 2.45) is 0 Å². The van der Waals surface area contributed by atoms with E-state index in [2.05, 4.69) is 20.4 Å². The molecule has 24 heavy (non-hydrogen) atoms. The predicted octanol–water partition coefficient (Wildman–Crippen LogP) is 1.80. The zero-order valence-electron chi connectivity index (χ0n) is 14.1. The van der Waals surface area contributed by atoms with Crippen molar-refractivity contribution in [3.63, 3.8) is 0 Å². The summed E-state index contributed by atoms with van der Waals surface area (Å²) in [5.74, 6) is 0.000658. The molecule has 1 N–H and O–H groups in total. The summed E-state index contributed by atoms with van der Waals surface area (Å²) < 4.78 is 7.53. The number of nitrogens with zero attached hydrogens (tertiary/aromatic N) is 4. The largest absolute Gasteiger partial charge is 0.460 e. The van der Waals surface area contributed by atoms with E-state index < -0.39 is 0 Å². The van der Waals surface area contributed by atoms with Crippen molar-refractivity contribution in [3.8, 4) is 6.01 Å². The Kier molecular flexibility index (Phi) is 5.08. The molecule has 128 valence electrons. The smallest absolute Gasteiger partial charge is 0.317 e. The molecule has 0 aliphatic heterocycles. The molecular formula is C17H23N5O2. The minimum atomic E-state index is 0.000658. The second kappa shape index (κ2) is 7.42. The molecule has 1 fully saturated rings. The number of rotatable bonds is 5. The average Bonchev–Trinajstić information content (AvgIpc) is 3.01. The van der Waals surface area contributed by atoms with Crippen LogP contribution in [0.3, 0.4) is 0 Å². The summed E-state index contributed by atoms with van der Waals surface area (Å²) >= 11 is 0. The Labute approximate surface area is 141 Å². The molecule has 2 heterocycles. The minimum Gasteiger partial charge on any atom is -0.460 e. The van der Waals surface area contributed by atoms with Gasteiger partial charge in [-0.3, -0.25) is 9.48 Å². The number of nitrogens with one attached hydrogen (secondary N) is 1. The van der Waals surface area contributed by atoms with Gasteiger partial charge in [-0.1, -0.05) is 0 Å². The molecule has 0 unspecified atom stereocenters. The van der Waals surface area contributed by atoms with E-state index in [0.29, 0.717) is 6.01 Å². The summed E-state index contributed by atoms with van der Waals surface area (Å²) in [7, 11) is 0. The van der Waals surface area contributed by atoms with Crippen LogP contribution < -0.4 is 10.1 Å². The maximum absolute atomic E-state index is 12.0. The molecule has 7 heteroatoms. The third kappa shape index (κ3) is 4.53. The zero-order valence-corrected chi connectivity index (χ0v) is 14.1. The number of aromatic nitrogens is 4. The number of hydrogen-bond acceptors (Lipinski definition) is 5. The molecule has 1 saturated carbocycles. The molecular weight excluding hydrogens is 306 g/mol. The van der Waals surface area contributed by atoms with Gasteiger partial charge in [0, 0.05) is 29.8 Å². The first-order valence-corrected chi connectivity index (χ1v) is 8.34. The fraction of sp³-hybridized carbons (Fsp3) is 0.529. The standard InChI is InChI=1S/C17H23N5O2/c1-12-10-13(2)20-17(19-12)24-15-6-4-14(5-7-15)21-16(23)11-22-9-3-8-18-22/h3,8-10,14-15H,4-7,11H2,1-2H3,(H,21,23). The number of amides is 1. The van der Waals surface area contributed by atoms with Crippen molar-refractivity contribution in [1.29, 1.82) is 0 Å². The molecule has 0 bridgehead atoms. The van der Waals surface area contributed by atoms with Crippen LogP contribution in [0.25, 0.3) is 0 Å². The van der Waals surface area contributed by atoms with Crippen LogP contribution in [0.4, 0.5) is 0 Å². The lowest BCUT2D eigenvalue weighted by atomic mass is 9.93. The molecule has 0 saturated heterocycles. The van der Waals surface area contributed by atoms with Gasteiger partial charge in [0.25, 0.3) is 0 Å². The van der Waals surface area contributed by atoms with Gasteiger partial charge < -0.3 is 10.1 Å². The Morgan fingerprint density at radius 2 is 1.96 bits per heavy atom. The maximum Gasteiger partial charge on any atom is 0.317 e. The molecule has 3 rings (SSSR count). The molecule has 2 aromatic rings. The lowest BCUT2D eigenvalue weighted by Gasteiger charge is -2.29. The van der Waals surface area contributed by atoms with Crippen molar-refractivity contribution in [2.45, 2.75) is 58.2 Å². The Hall–Kier alpha value is -2.44. The molecule has 1 amide bonds. The van der Waals surface area contributed by atoms with Gasteiger partial charge in [0.2, 0.25) is 5.91 Å². The fourth-order valence-corrected chi connectivity index (χ4v) is 3.03. The van der Waals surface area contributed by atoms with Gasteiger partial charge in [0.15, 0.2) is 0 Å². The van der Waals surface area contributed by atoms with Gasteiger partial charge in [-0.05, 0) is 51.7 Å². The quantitative estimate of drug-likeness (QED) is 0.904. The van der Waals surface area contributed by atoms with Crippen LogP contribution in [0.15, 0.2) is 24.5 Å². The summed E-state index contributed by atoms with van der Waals surface area (Å²) in [5.41, 5.74) is 1.83. The number of hydrogen-bond donors (Lipinski definition) is 1. The number of aryl methyl sites for hydroxylation is 2. The monoisotopic (exact) mass is 329 g/mol. The van der Waals surface area contributed by atoms with Gasteiger partial charge in [-0.2, -0.15) is 5.10 Å². The van der Waals surface area contributed by atoms with E-state index in [1.165, 1.54) is 0 Å². The molecule has 0 aromatic carbocycles. The van der Waals surface area contributed by atoms with Gasteiger partial charge in [0.1, 0.15) is 12.6 Å². The summed E-state index contributed by atoms with van der Waals surface area (Å²) in [6, 6.07) is 4.40. The van der Waals surface area contributed by atoms with Crippen molar-refractivity contribution >= 4 is 5.91 Å². The first kappa shape index (κ1) is 16.4. The third-order valence-electron chi connectivity index (χ3n) is 4.14. The van der Waals surface area contributed by atoms with Crippen molar-refractivity contribution < 1.29 is 9.53 Å². The summed E-state index contributed by atoms with van der Waals surface area (Å²) in [4.78, 5) is 20.7. The van der Waals surface area contributed by atoms with Gasteiger partial charge in [-0.25, -0.2) is 9.97 Å². The summed E-state index contributed by atoms with van der Waals surface area (Å²) in [6.45, 7) is 4.14. The third-order valence-corrected chi connectivity index (χ3v) is 4.14. The normalized spacial score (nSPS) is 20.6. The molecule has 2 aromatic heterocycles. The summed E-state index contributed by atoms with van der Waals surface area (Å²) in [5, 5.41) is 7.12. The second-order valence-corrected chi connectivity index (χ2v) is 6.30. The first-order valence-electron chi connectivity index (χ1n) is 8.34. The van der Waals surface area contributed by atoms with Crippen molar-refractivity contribution in [3.05, 3.63) is 35.9 Å². The van der Waals surface area contributed by atoms with E-state index in [1.807, 2.05) is 26.0 Å². The predicted molar refractivity (Wildman–Crippen MR) is 88.5 cm³/mol. The highest BCUT2D eigenvalue weighted by atomic mass is 16.5. The zero-order chi connectivity index (χ0) is 16.9. The molecule has 7 nitrogen and oxygen atoms in total. The van der Waals surface area contributed by atoms with E-state index in [4.69, 9.17) is 4.74 Å². The molecule has 0 atom stereocenters. The molecule has 1 aliphatic carbocycles. The number of ether oxygens (including phenoxy) is 1. The summed E-state index contributed by atoms with van der Waals surface area (Å²) in [6.07, 6.45) is 7.16. The van der Waals surface area contributed by atoms with Crippen LogP contribution in [-0.4, -0.2) is 37.8 Å². The van der Waals surface area contributed by atoms with Crippen LogP contribution in [0, 0.1) is 13.8 Å². The lowest BCUT2D eigenvalue weighted by molar-refractivity contribution is -0.122. The SMILES string of the molecule is Cc1cc(C)nc(OC2CCC(NC(=O)Cn3cccn3)CC2)n1. The Balaban J connectivity index is 1.44. The number of carbonyl (C=O) groups excluding carboxylic acids is 1. The topological polar surface area (TPSA) is 81.9 Å². The van der Waals surface area contributed by atoms with Gasteiger partial charge in [0.05, 0.1) is 0 Å². The first-order chi connectivity index (χ1) is 11.6. The second-order valence-electron chi connectivity index (χ2n) is 6.30. The Morgan fingerprint density at radius 1 is 1.25 bits per heavy atom. The van der Waals surface area contributed by atoms with Crippen molar-refractivity contribution in [1.82, 2.24) is 25.1 Å². The lowest BCUT2D eigenvalue weighted by Crippen LogP contribution is -2.41. The van der Waals surface area contributed by atoms with E-state index in [0.717, 1.165) is 37.1 Å². The average molecular weight is 329 g/mol. The highest BCUT2D eigenvalue weighted by molar-refractivity contribution is 5.75. The van der Waals surface area contributed by atoms with Crippen LogP contribution in [0.1, 0.15) is 37.1 Å². The fourth-order valence-electron chi connectivity index (χ4n) is 3.03. The van der Waals surface area contributed by atoms with Crippen molar-refractivity contribution in [2.75, 3.05) is 0 Å². The highest BCUT2D eigenvalue weighted by Gasteiger charge is 2.24.